The van der Waals surface area contributed by atoms with Gasteiger partial charge in [-0.15, -0.1) is 45.3 Å². The summed E-state index contributed by atoms with van der Waals surface area (Å²) in [4.78, 5) is 192. The first-order valence-electron chi connectivity index (χ1n) is 51.0. The van der Waals surface area contributed by atoms with E-state index in [0.717, 1.165) is 102 Å². The Morgan fingerprint density at radius 3 is 0.993 bits per heavy atom. The van der Waals surface area contributed by atoms with Gasteiger partial charge in [0.1, 0.15) is 30.0 Å². The molecule has 0 aliphatic carbocycles. The molecule has 35 heteroatoms. The summed E-state index contributed by atoms with van der Waals surface area (Å²) >= 11 is 16.1. The predicted molar refractivity (Wildman–Crippen MR) is 582 cm³/mol. The zero-order chi connectivity index (χ0) is 108. The van der Waals surface area contributed by atoms with Crippen molar-refractivity contribution in [2.45, 2.75) is 266 Å². The van der Waals surface area contributed by atoms with Crippen molar-refractivity contribution in [3.63, 3.8) is 0 Å². The maximum atomic E-state index is 14.4. The van der Waals surface area contributed by atoms with Gasteiger partial charge in [0, 0.05) is 114 Å². The van der Waals surface area contributed by atoms with E-state index in [1.54, 1.807) is 85.5 Å². The van der Waals surface area contributed by atoms with E-state index in [0.29, 0.717) is 53.9 Å². The topological polar surface area (TPSA) is 372 Å². The number of aromatic nitrogens is 4. The fourth-order valence-electron chi connectivity index (χ4n) is 21.3. The van der Waals surface area contributed by atoms with Crippen LogP contribution in [0.15, 0.2) is 178 Å². The predicted octanol–water partition coefficient (Wildman–Crippen LogP) is 17.5. The SMILES string of the molecule is CC(=O)N[C@H](C(=O)N1C[C@H](O)C[C@H]1C(=O)CCc1ccc(-c2scnc2C)cc1)C(C)(C)C.Cc1ncsc1-c1ccc(CCC(=O)[C@@H]2C[C@@H](O)CN2C(=O)[C@H](C(C)C)N2Cc3ccc(Br)cc3C2=O)cc1.Cc1ncsc1-c1ccc(CCC(=O)[C@@H]2C[C@@H](O)CN2C(=O)[C@H](C(C)C)N2Cc3cccc(Cl)c3C2=O)cc1.Cc1ncsc1-c1ccc(CCC(=O)[C@@H]2C[C@@H](O)CN2C(=O)[C@H](C(C)C)N2Cc3cccc(F)c3C2=O)cc1. The highest BCUT2D eigenvalue weighted by Crippen LogP contribution is 2.41. The molecule has 7 aliphatic rings. The second-order valence-electron chi connectivity index (χ2n) is 42.0. The lowest BCUT2D eigenvalue weighted by Gasteiger charge is -2.35. The van der Waals surface area contributed by atoms with Crippen molar-refractivity contribution >= 4 is 143 Å². The first kappa shape index (κ1) is 112. The minimum Gasteiger partial charge on any atom is -0.391 e. The number of nitrogens with zero attached hydrogens (tertiary/aromatic N) is 11. The highest BCUT2D eigenvalue weighted by Gasteiger charge is 2.52. The maximum Gasteiger partial charge on any atom is 0.258 e. The number of hydrogen-bond acceptors (Lipinski definition) is 24. The van der Waals surface area contributed by atoms with Crippen LogP contribution in [0.5, 0.6) is 0 Å². The van der Waals surface area contributed by atoms with Crippen LogP contribution < -0.4 is 5.32 Å². The van der Waals surface area contributed by atoms with Gasteiger partial charge in [-0.05, 0) is 162 Å². The molecule has 5 N–H and O–H groups in total. The first-order valence-corrected chi connectivity index (χ1v) is 55.7. The van der Waals surface area contributed by atoms with Crippen LogP contribution in [-0.2, 0) is 88.5 Å². The quantitative estimate of drug-likeness (QED) is 0.0269. The van der Waals surface area contributed by atoms with Gasteiger partial charge in [-0.25, -0.2) is 24.3 Å². The summed E-state index contributed by atoms with van der Waals surface area (Å²) in [7, 11) is 0. The zero-order valence-corrected chi connectivity index (χ0v) is 92.3. The Kier molecular flexibility index (Phi) is 36.5. The largest absolute Gasteiger partial charge is 0.391 e. The minimum atomic E-state index is -0.868. The second kappa shape index (κ2) is 48.8. The number of aliphatic hydroxyl groups is 4. The number of carbonyl (C=O) groups is 12. The lowest BCUT2D eigenvalue weighted by molar-refractivity contribution is -0.143. The minimum absolute atomic E-state index is 0.00144. The molecule has 4 fully saturated rings. The molecule has 0 saturated carbocycles. The lowest BCUT2D eigenvalue weighted by Crippen LogP contribution is -2.56. The van der Waals surface area contributed by atoms with Crippen LogP contribution in [-0.4, -0.2) is 244 Å². The van der Waals surface area contributed by atoms with Gasteiger partial charge in [0.05, 0.1) is 129 Å². The molecule has 28 nitrogen and oxygen atoms in total. The molecule has 18 rings (SSSR count). The van der Waals surface area contributed by atoms with Crippen molar-refractivity contribution in [3.8, 4) is 41.8 Å². The number of nitrogens with one attached hydrogen (secondary N) is 1. The molecule has 7 aliphatic heterocycles. The summed E-state index contributed by atoms with van der Waals surface area (Å²) in [5.74, 6) is -4.12. The number of likely N-dealkylation sites (tertiary alicyclic amines) is 4. The smallest absolute Gasteiger partial charge is 0.258 e. The van der Waals surface area contributed by atoms with Crippen molar-refractivity contribution in [2.75, 3.05) is 26.2 Å². The van der Waals surface area contributed by atoms with Crippen LogP contribution >= 0.6 is 72.9 Å². The number of rotatable bonds is 31. The molecule has 12 atom stereocenters. The van der Waals surface area contributed by atoms with E-state index in [-0.39, 0.29) is 178 Å². The number of Topliss-reactive ketones (excluding diaryl/α,β-unsaturated/α-hetero) is 4. The van der Waals surface area contributed by atoms with Crippen molar-refractivity contribution < 1.29 is 82.4 Å². The summed E-state index contributed by atoms with van der Waals surface area (Å²) in [5, 5.41) is 44.7. The standard InChI is InChI=1S/C30H32BrN3O4S.C30H32ClN3O4S.C30H32FN3O4S.C25H33N3O4S/c1-17(2)27(34-14-21-9-10-22(31)12-24(21)29(34)37)30(38)33-15-23(35)13-25(33)26(36)11-6-19-4-7-20(8-5-19)28-18(3)32-16-39-28;2*1-17(2)27(34-14-21-5-4-6-23(31)26(21)29(34)37)30(38)33-15-22(35)13-24(33)25(36)12-9-19-7-10-20(11-8-19)28-18(3)32-16-39-28;1-15-22(33-14-26-15)18-9-6-17(7-10-18)8-11-21(31)20-12-19(30)13-28(20)24(32)23(25(3,4)5)27-16(2)29/h4-5,7-10,12,16-17,23,25,27,35H,6,11,13-15H2,1-3H3;2*4-8,10-11,16-17,22,24,27,35H,9,12-15H2,1-3H3;6-7,9-10,14,19-20,23,30H,8,11-13H2,1-5H3,(H,27,29)/t23-,25+,27+;2*22-,24+,27+;19-,20+,23-/m1111/s1. The second-order valence-corrected chi connectivity index (χ2v) is 46.8. The van der Waals surface area contributed by atoms with E-state index >= 15 is 0 Å². The van der Waals surface area contributed by atoms with Crippen LogP contribution in [0.3, 0.4) is 0 Å². The average Bonchev–Trinajstić information content (AvgIpc) is 1.62. The van der Waals surface area contributed by atoms with Gasteiger partial charge < -0.3 is 60.0 Å². The first-order chi connectivity index (χ1) is 71.4. The third-order valence-electron chi connectivity index (χ3n) is 29.1. The molecule has 8 amide bonds. The normalized spacial score (nSPS) is 19.5. The molecule has 11 heterocycles. The van der Waals surface area contributed by atoms with Gasteiger partial charge in [0.25, 0.3) is 17.7 Å². The van der Waals surface area contributed by atoms with Gasteiger partial charge in [-0.1, -0.05) is 217 Å². The van der Waals surface area contributed by atoms with Gasteiger partial charge in [-0.2, -0.15) is 0 Å². The Hall–Kier alpha value is -12.0. The molecule has 790 valence electrons. The summed E-state index contributed by atoms with van der Waals surface area (Å²) in [6.07, 6.45) is 0.927. The number of halogens is 3. The van der Waals surface area contributed by atoms with E-state index in [2.05, 4.69) is 41.2 Å². The number of amides is 8. The molecule has 7 aromatic carbocycles. The van der Waals surface area contributed by atoms with Gasteiger partial charge >= 0.3 is 0 Å². The Balaban J connectivity index is 0.000000150. The highest BCUT2D eigenvalue weighted by molar-refractivity contribution is 9.10. The molecule has 0 radical (unpaired) electrons. The number of fused-ring (bicyclic) bond motifs is 3. The Morgan fingerprint density at radius 2 is 0.707 bits per heavy atom. The summed E-state index contributed by atoms with van der Waals surface area (Å²) in [6, 6.07) is 41.8. The van der Waals surface area contributed by atoms with Crippen molar-refractivity contribution in [2.24, 2.45) is 23.2 Å². The van der Waals surface area contributed by atoms with Gasteiger partial charge in [0.2, 0.25) is 29.5 Å². The van der Waals surface area contributed by atoms with Crippen molar-refractivity contribution in [3.05, 3.63) is 267 Å². The van der Waals surface area contributed by atoms with Crippen LogP contribution in [0.1, 0.15) is 213 Å². The van der Waals surface area contributed by atoms with Gasteiger partial charge in [-0.3, -0.25) is 57.5 Å². The molecule has 0 bridgehead atoms. The summed E-state index contributed by atoms with van der Waals surface area (Å²) in [5.41, 5.74) is 22.5. The fraction of sp³-hybridized carbons (Fsp3) is 0.426. The number of ketones is 4. The van der Waals surface area contributed by atoms with Crippen LogP contribution in [0.2, 0.25) is 5.02 Å². The van der Waals surface area contributed by atoms with E-state index in [9.17, 15) is 82.4 Å². The lowest BCUT2D eigenvalue weighted by atomic mass is 9.85. The maximum absolute atomic E-state index is 14.4. The number of carbonyl (C=O) groups excluding carboxylic acids is 12. The number of thiazole rings is 4. The van der Waals surface area contributed by atoms with Gasteiger partial charge in [0.15, 0.2) is 23.1 Å². The van der Waals surface area contributed by atoms with E-state index in [4.69, 9.17) is 11.6 Å². The Morgan fingerprint density at radius 1 is 0.413 bits per heavy atom. The highest BCUT2D eigenvalue weighted by atomic mass is 79.9. The van der Waals surface area contributed by atoms with Crippen LogP contribution in [0.25, 0.3) is 41.8 Å². The molecule has 4 aromatic heterocycles. The number of β-amino-alcohol motifs (C(OH)–C–C–N with tert-alkyl or cyclic N) is 4. The summed E-state index contributed by atoms with van der Waals surface area (Å²) in [6.45, 7) is 27.2. The third-order valence-corrected chi connectivity index (χ3v) is 33.8. The summed E-state index contributed by atoms with van der Waals surface area (Å²) < 4.78 is 15.2. The molecule has 11 aromatic rings. The number of aliphatic hydroxyl groups excluding tert-OH is 4. The molecule has 0 spiro atoms. The molecule has 150 heavy (non-hydrogen) atoms. The monoisotopic (exact) mass is 2190 g/mol. The van der Waals surface area contributed by atoms with Crippen LogP contribution in [0, 0.1) is 56.7 Å². The van der Waals surface area contributed by atoms with Crippen molar-refractivity contribution in [1.29, 1.82) is 0 Å². The van der Waals surface area contributed by atoms with E-state index < -0.39 is 89.9 Å². The third kappa shape index (κ3) is 25.6. The van der Waals surface area contributed by atoms with Crippen LogP contribution in [0.4, 0.5) is 4.39 Å². The van der Waals surface area contributed by atoms with Crippen molar-refractivity contribution in [1.82, 2.24) is 59.6 Å². The molecule has 4 saturated heterocycles. The Bertz CT molecular complexity index is 6610. The molecular formula is C115H129BrClFN12O16S4. The average molecular weight is 2200 g/mol. The van der Waals surface area contributed by atoms with E-state index in [1.165, 1.54) is 37.5 Å². The number of aryl methyl sites for hydroxylation is 8. The fourth-order valence-corrected chi connectivity index (χ4v) is 25.2. The molecular weight excluding hydrogens is 2070 g/mol. The molecule has 0 unspecified atom stereocenters. The number of benzene rings is 7. The Labute approximate surface area is 903 Å². The van der Waals surface area contributed by atoms with E-state index in [1.807, 2.05) is 227 Å². The zero-order valence-electron chi connectivity index (χ0n) is 86.7. The number of hydrogen-bond donors (Lipinski definition) is 5.